The van der Waals surface area contributed by atoms with Crippen LogP contribution in [0.5, 0.6) is 0 Å². The molecule has 0 saturated carbocycles. The lowest BCUT2D eigenvalue weighted by Gasteiger charge is -2.12. The number of ether oxygens (including phenoxy) is 1. The molecule has 0 aliphatic rings. The lowest BCUT2D eigenvalue weighted by Crippen LogP contribution is -2.15. The molecule has 3 rings (SSSR count). The molecule has 1 N–H and O–H groups in total. The van der Waals surface area contributed by atoms with Crippen LogP contribution in [0, 0.1) is 12.7 Å². The van der Waals surface area contributed by atoms with E-state index in [1.807, 2.05) is 23.1 Å². The zero-order valence-electron chi connectivity index (χ0n) is 15.5. The molecular formula is C20H18FN3O3S. The summed E-state index contributed by atoms with van der Waals surface area (Å²) in [4.78, 5) is 28.7. The van der Waals surface area contributed by atoms with Gasteiger partial charge in [0.2, 0.25) is 0 Å². The number of methoxy groups -OCH3 is 1. The number of carbonyl (C=O) groups is 2. The van der Waals surface area contributed by atoms with Crippen LogP contribution in [0.25, 0.3) is 5.69 Å². The molecule has 0 atom stereocenters. The predicted octanol–water partition coefficient (Wildman–Crippen LogP) is 4.08. The van der Waals surface area contributed by atoms with Crippen LogP contribution >= 0.6 is 11.8 Å². The summed E-state index contributed by atoms with van der Waals surface area (Å²) in [6, 6.07) is 9.47. The Kier molecular flexibility index (Phi) is 5.79. The van der Waals surface area contributed by atoms with Crippen LogP contribution in [-0.2, 0) is 4.74 Å². The largest absolute Gasteiger partial charge is 0.465 e. The van der Waals surface area contributed by atoms with Crippen molar-refractivity contribution in [3.05, 3.63) is 71.3 Å². The number of hydrogen-bond donors (Lipinski definition) is 1. The smallest absolute Gasteiger partial charge is 0.338 e. The number of nitrogens with zero attached hydrogens (tertiary/aromatic N) is 2. The second kappa shape index (κ2) is 8.26. The van der Waals surface area contributed by atoms with Crippen LogP contribution in [0.1, 0.15) is 26.3 Å². The van der Waals surface area contributed by atoms with Gasteiger partial charge in [-0.3, -0.25) is 9.36 Å². The maximum Gasteiger partial charge on any atom is 0.338 e. The lowest BCUT2D eigenvalue weighted by molar-refractivity contribution is 0.0600. The third-order valence-electron chi connectivity index (χ3n) is 4.19. The van der Waals surface area contributed by atoms with E-state index in [0.29, 0.717) is 5.56 Å². The Morgan fingerprint density at radius 3 is 2.71 bits per heavy atom. The third kappa shape index (κ3) is 3.91. The van der Waals surface area contributed by atoms with Gasteiger partial charge in [0.25, 0.3) is 5.91 Å². The first-order valence-corrected chi connectivity index (χ1v) is 9.54. The van der Waals surface area contributed by atoms with E-state index in [9.17, 15) is 14.0 Å². The monoisotopic (exact) mass is 399 g/mol. The summed E-state index contributed by atoms with van der Waals surface area (Å²) >= 11 is 1.49. The summed E-state index contributed by atoms with van der Waals surface area (Å²) in [5, 5.41) is 3.46. The summed E-state index contributed by atoms with van der Waals surface area (Å²) < 4.78 is 20.6. The molecule has 0 saturated heterocycles. The molecule has 0 bridgehead atoms. The van der Waals surface area contributed by atoms with E-state index >= 15 is 0 Å². The van der Waals surface area contributed by atoms with Crippen LogP contribution < -0.4 is 5.32 Å². The molecule has 6 nitrogen and oxygen atoms in total. The first-order chi connectivity index (χ1) is 13.4. The molecule has 8 heteroatoms. The minimum atomic E-state index is -0.680. The Morgan fingerprint density at radius 1 is 1.21 bits per heavy atom. The van der Waals surface area contributed by atoms with Gasteiger partial charge in [0.15, 0.2) is 5.16 Å². The molecule has 0 spiro atoms. The minimum Gasteiger partial charge on any atom is -0.465 e. The fraction of sp³-hybridized carbons (Fsp3) is 0.150. The fourth-order valence-corrected chi connectivity index (χ4v) is 3.20. The molecule has 0 fully saturated rings. The Hall–Kier alpha value is -3.13. The maximum atomic E-state index is 14.2. The van der Waals surface area contributed by atoms with Crippen molar-refractivity contribution in [2.75, 3.05) is 18.7 Å². The van der Waals surface area contributed by atoms with E-state index in [-0.39, 0.29) is 16.8 Å². The number of hydrogen-bond acceptors (Lipinski definition) is 5. The van der Waals surface area contributed by atoms with Gasteiger partial charge in [0, 0.05) is 34.9 Å². The van der Waals surface area contributed by atoms with Crippen molar-refractivity contribution >= 4 is 29.3 Å². The number of carbonyl (C=O) groups excluding carboxylic acids is 2. The summed E-state index contributed by atoms with van der Waals surface area (Å²) in [6.45, 7) is 1.53. The molecule has 1 amide bonds. The molecule has 0 aliphatic heterocycles. The van der Waals surface area contributed by atoms with Crippen molar-refractivity contribution in [3.63, 3.8) is 0 Å². The number of nitrogens with one attached hydrogen (secondary N) is 1. The average molecular weight is 399 g/mol. The molecule has 0 aliphatic carbocycles. The van der Waals surface area contributed by atoms with E-state index in [2.05, 4.69) is 15.0 Å². The number of rotatable bonds is 5. The maximum absolute atomic E-state index is 14.2. The van der Waals surface area contributed by atoms with Gasteiger partial charge in [-0.1, -0.05) is 17.8 Å². The van der Waals surface area contributed by atoms with E-state index in [4.69, 9.17) is 0 Å². The third-order valence-corrected chi connectivity index (χ3v) is 4.86. The first kappa shape index (κ1) is 19.6. The van der Waals surface area contributed by atoms with Gasteiger partial charge in [0.05, 0.1) is 12.7 Å². The number of thioether (sulfide) groups is 1. The van der Waals surface area contributed by atoms with E-state index in [1.54, 1.807) is 24.4 Å². The minimum absolute atomic E-state index is 0.0256. The molecule has 0 unspecified atom stereocenters. The number of imidazole rings is 1. The van der Waals surface area contributed by atoms with Gasteiger partial charge in [-0.2, -0.15) is 0 Å². The van der Waals surface area contributed by atoms with Crippen LogP contribution in [0.4, 0.5) is 10.1 Å². The Labute approximate surface area is 165 Å². The molecule has 144 valence electrons. The quantitative estimate of drug-likeness (QED) is 0.517. The number of halogens is 1. The molecule has 28 heavy (non-hydrogen) atoms. The fourth-order valence-electron chi connectivity index (χ4n) is 2.67. The van der Waals surface area contributed by atoms with Crippen molar-refractivity contribution in [1.82, 2.24) is 9.55 Å². The van der Waals surface area contributed by atoms with Gasteiger partial charge >= 0.3 is 5.97 Å². The van der Waals surface area contributed by atoms with Gasteiger partial charge < -0.3 is 10.1 Å². The topological polar surface area (TPSA) is 73.2 Å². The van der Waals surface area contributed by atoms with Crippen LogP contribution in [-0.4, -0.2) is 34.8 Å². The van der Waals surface area contributed by atoms with Crippen molar-refractivity contribution in [2.45, 2.75) is 12.1 Å². The van der Waals surface area contributed by atoms with Crippen LogP contribution in [0.15, 0.2) is 53.9 Å². The average Bonchev–Trinajstić information content (AvgIpc) is 3.19. The van der Waals surface area contributed by atoms with E-state index < -0.39 is 17.7 Å². The van der Waals surface area contributed by atoms with Crippen LogP contribution in [0.2, 0.25) is 0 Å². The zero-order chi connectivity index (χ0) is 20.3. The molecule has 3 aromatic rings. The second-order valence-electron chi connectivity index (χ2n) is 5.91. The van der Waals surface area contributed by atoms with Crippen LogP contribution in [0.3, 0.4) is 0 Å². The van der Waals surface area contributed by atoms with Crippen molar-refractivity contribution < 1.29 is 18.7 Å². The molecule has 1 aromatic heterocycles. The number of esters is 1. The zero-order valence-corrected chi connectivity index (χ0v) is 16.3. The summed E-state index contributed by atoms with van der Waals surface area (Å²) in [7, 11) is 1.21. The SMILES string of the molecule is COC(=O)c1cc(F)c(C)c(NC(=O)c2cccc(-n3ccnc3SC)c2)c1. The molecular weight excluding hydrogens is 381 g/mol. The van der Waals surface area contributed by atoms with E-state index in [0.717, 1.165) is 16.9 Å². The summed E-state index contributed by atoms with van der Waals surface area (Å²) in [6.07, 6.45) is 5.41. The highest BCUT2D eigenvalue weighted by molar-refractivity contribution is 7.98. The van der Waals surface area contributed by atoms with Crippen molar-refractivity contribution in [2.24, 2.45) is 0 Å². The molecule has 1 heterocycles. The second-order valence-corrected chi connectivity index (χ2v) is 6.68. The first-order valence-electron chi connectivity index (χ1n) is 8.32. The number of anilines is 1. The van der Waals surface area contributed by atoms with Crippen molar-refractivity contribution in [1.29, 1.82) is 0 Å². The number of aromatic nitrogens is 2. The number of benzene rings is 2. The van der Waals surface area contributed by atoms with E-state index in [1.165, 1.54) is 31.9 Å². The highest BCUT2D eigenvalue weighted by Gasteiger charge is 2.16. The number of amides is 1. The Morgan fingerprint density at radius 2 is 2.00 bits per heavy atom. The Bertz CT molecular complexity index is 1050. The molecule has 2 aromatic carbocycles. The van der Waals surface area contributed by atoms with Gasteiger partial charge in [-0.25, -0.2) is 14.2 Å². The van der Waals surface area contributed by atoms with Gasteiger partial charge in [-0.05, 0) is 43.5 Å². The highest BCUT2D eigenvalue weighted by atomic mass is 32.2. The normalized spacial score (nSPS) is 10.6. The summed E-state index contributed by atoms with van der Waals surface area (Å²) in [5.41, 5.74) is 1.64. The lowest BCUT2D eigenvalue weighted by atomic mass is 10.1. The highest BCUT2D eigenvalue weighted by Crippen LogP contribution is 2.23. The van der Waals surface area contributed by atoms with Crippen molar-refractivity contribution in [3.8, 4) is 5.69 Å². The summed E-state index contributed by atoms with van der Waals surface area (Å²) in [5.74, 6) is -1.70. The standard InChI is InChI=1S/C20H18FN3O3S/c1-12-16(21)10-14(19(26)27-2)11-17(12)23-18(25)13-5-4-6-15(9-13)24-8-7-22-20(24)28-3/h4-11H,1-3H3,(H,23,25). The van der Waals surface area contributed by atoms with Gasteiger partial charge in [-0.15, -0.1) is 0 Å². The predicted molar refractivity (Wildman–Crippen MR) is 106 cm³/mol. The van der Waals surface area contributed by atoms with Gasteiger partial charge in [0.1, 0.15) is 5.82 Å². The molecule has 0 radical (unpaired) electrons. The Balaban J connectivity index is 1.91.